The highest BCUT2D eigenvalue weighted by molar-refractivity contribution is 6.74. The van der Waals surface area contributed by atoms with Gasteiger partial charge in [-0.05, 0) is 37.2 Å². The minimum absolute atomic E-state index is 0.0931. The van der Waals surface area contributed by atoms with Gasteiger partial charge in [0.2, 0.25) is 0 Å². The second kappa shape index (κ2) is 7.99. The molecule has 0 heterocycles. The Morgan fingerprint density at radius 1 is 1.35 bits per heavy atom. The maximum Gasteiger partial charge on any atom is 0.269 e. The molecule has 23 heavy (non-hydrogen) atoms. The lowest BCUT2D eigenvalue weighted by Gasteiger charge is -2.36. The molecule has 0 bridgehead atoms. The largest absolute Gasteiger partial charge is 0.417 e. The molecule has 1 rings (SSSR count). The number of nitrogens with zero attached hydrogens (tertiary/aromatic N) is 1. The smallest absolute Gasteiger partial charge is 0.269 e. The lowest BCUT2D eigenvalue weighted by molar-refractivity contribution is -0.385. The van der Waals surface area contributed by atoms with E-state index in [-0.39, 0.29) is 17.3 Å². The maximum absolute atomic E-state index is 13.6. The number of hydrogen-bond donors (Lipinski definition) is 1. The summed E-state index contributed by atoms with van der Waals surface area (Å²) in [5.41, 5.74) is 0.217. The van der Waals surface area contributed by atoms with Gasteiger partial charge in [-0.15, -0.1) is 0 Å². The first-order valence-corrected chi connectivity index (χ1v) is 10.7. The summed E-state index contributed by atoms with van der Waals surface area (Å²) in [4.78, 5) is 10.2. The van der Waals surface area contributed by atoms with E-state index in [2.05, 4.69) is 39.2 Å². The number of hydrogen-bond acceptors (Lipinski definition) is 4. The van der Waals surface area contributed by atoms with Crippen LogP contribution in [0.2, 0.25) is 18.1 Å². The first-order valence-electron chi connectivity index (χ1n) is 7.82. The molecule has 0 aliphatic heterocycles. The fraction of sp³-hybridized carbons (Fsp3) is 0.625. The summed E-state index contributed by atoms with van der Waals surface area (Å²) >= 11 is 0. The fourth-order valence-electron chi connectivity index (χ4n) is 1.77. The quantitative estimate of drug-likeness (QED) is 0.332. The van der Waals surface area contributed by atoms with E-state index in [1.165, 1.54) is 12.1 Å². The minimum Gasteiger partial charge on any atom is -0.417 e. The van der Waals surface area contributed by atoms with Crippen LogP contribution in [-0.4, -0.2) is 26.4 Å². The second-order valence-electron chi connectivity index (χ2n) is 7.17. The van der Waals surface area contributed by atoms with Gasteiger partial charge in [0, 0.05) is 30.8 Å². The summed E-state index contributed by atoms with van der Waals surface area (Å²) in [6.45, 7) is 12.6. The molecule has 0 aliphatic carbocycles. The van der Waals surface area contributed by atoms with Gasteiger partial charge < -0.3 is 9.74 Å². The van der Waals surface area contributed by atoms with Gasteiger partial charge in [-0.3, -0.25) is 10.1 Å². The Morgan fingerprint density at radius 2 is 2.00 bits per heavy atom. The number of rotatable bonds is 8. The zero-order valence-corrected chi connectivity index (χ0v) is 15.6. The average molecular weight is 342 g/mol. The van der Waals surface area contributed by atoms with E-state index in [0.29, 0.717) is 18.7 Å². The third-order valence-corrected chi connectivity index (χ3v) is 8.86. The van der Waals surface area contributed by atoms with Crippen molar-refractivity contribution in [3.05, 3.63) is 39.7 Å². The van der Waals surface area contributed by atoms with Crippen molar-refractivity contribution < 1.29 is 13.7 Å². The molecule has 130 valence electrons. The summed E-state index contributed by atoms with van der Waals surface area (Å²) in [7, 11) is -1.72. The number of non-ortho nitro benzene ring substituents is 1. The normalized spacial score (nSPS) is 12.4. The Labute approximate surface area is 138 Å². The zero-order valence-electron chi connectivity index (χ0n) is 14.6. The molecule has 0 spiro atoms. The van der Waals surface area contributed by atoms with E-state index < -0.39 is 19.1 Å². The van der Waals surface area contributed by atoms with Gasteiger partial charge in [-0.1, -0.05) is 20.8 Å². The van der Waals surface area contributed by atoms with Gasteiger partial charge in [0.05, 0.1) is 4.92 Å². The van der Waals surface area contributed by atoms with Crippen LogP contribution in [0.5, 0.6) is 0 Å². The molecule has 7 heteroatoms. The summed E-state index contributed by atoms with van der Waals surface area (Å²) in [6, 6.07) is 3.58. The van der Waals surface area contributed by atoms with Gasteiger partial charge in [0.15, 0.2) is 8.32 Å². The lowest BCUT2D eigenvalue weighted by Crippen LogP contribution is -2.41. The van der Waals surface area contributed by atoms with Gasteiger partial charge in [-0.2, -0.15) is 0 Å². The van der Waals surface area contributed by atoms with Crippen molar-refractivity contribution in [2.75, 3.05) is 13.2 Å². The molecule has 0 amide bonds. The Balaban J connectivity index is 2.36. The molecule has 1 aromatic rings. The Hall–Kier alpha value is -1.31. The van der Waals surface area contributed by atoms with E-state index in [4.69, 9.17) is 4.43 Å². The number of benzene rings is 1. The van der Waals surface area contributed by atoms with Gasteiger partial charge >= 0.3 is 0 Å². The summed E-state index contributed by atoms with van der Waals surface area (Å²) in [5, 5.41) is 14.0. The van der Waals surface area contributed by atoms with Crippen LogP contribution in [0.1, 0.15) is 32.8 Å². The van der Waals surface area contributed by atoms with E-state index in [1.807, 2.05) is 0 Å². The molecule has 0 radical (unpaired) electrons. The molecule has 0 unspecified atom stereocenters. The Morgan fingerprint density at radius 3 is 2.57 bits per heavy atom. The highest BCUT2D eigenvalue weighted by Crippen LogP contribution is 2.36. The van der Waals surface area contributed by atoms with Crippen LogP contribution in [0.4, 0.5) is 10.1 Å². The third-order valence-electron chi connectivity index (χ3n) is 4.32. The highest BCUT2D eigenvalue weighted by atomic mass is 28.4. The molecule has 5 nitrogen and oxygen atoms in total. The van der Waals surface area contributed by atoms with E-state index >= 15 is 0 Å². The van der Waals surface area contributed by atoms with Crippen LogP contribution < -0.4 is 5.32 Å². The summed E-state index contributed by atoms with van der Waals surface area (Å²) in [6.07, 6.45) is 0.822. The SMILES string of the molecule is CC(C)(C)[Si](C)(C)OCCCNCc1cc([N+](=O)[O-])ccc1F. The van der Waals surface area contributed by atoms with Crippen molar-refractivity contribution in [1.82, 2.24) is 5.32 Å². The van der Waals surface area contributed by atoms with Crippen molar-refractivity contribution in [1.29, 1.82) is 0 Å². The minimum atomic E-state index is -1.72. The predicted octanol–water partition coefficient (Wildman–Crippen LogP) is 4.24. The predicted molar refractivity (Wildman–Crippen MR) is 92.5 cm³/mol. The average Bonchev–Trinajstić information content (AvgIpc) is 2.42. The molecular formula is C16H27FN2O3Si. The van der Waals surface area contributed by atoms with Crippen molar-refractivity contribution in [3.63, 3.8) is 0 Å². The van der Waals surface area contributed by atoms with Crippen molar-refractivity contribution in [2.45, 2.75) is 51.9 Å². The topological polar surface area (TPSA) is 64.4 Å². The summed E-state index contributed by atoms with van der Waals surface area (Å²) in [5.74, 6) is -0.430. The molecule has 0 saturated carbocycles. The summed E-state index contributed by atoms with van der Waals surface area (Å²) < 4.78 is 19.7. The first kappa shape index (κ1) is 19.7. The van der Waals surface area contributed by atoms with Crippen LogP contribution in [0.25, 0.3) is 0 Å². The Bertz CT molecular complexity index is 545. The van der Waals surface area contributed by atoms with Crippen molar-refractivity contribution >= 4 is 14.0 Å². The molecule has 0 aliphatic rings. The van der Waals surface area contributed by atoms with Crippen molar-refractivity contribution in [2.24, 2.45) is 0 Å². The van der Waals surface area contributed by atoms with Crippen LogP contribution >= 0.6 is 0 Å². The molecule has 0 saturated heterocycles. The van der Waals surface area contributed by atoms with E-state index in [1.54, 1.807) is 0 Å². The molecular weight excluding hydrogens is 315 g/mol. The number of nitro benzene ring substituents is 1. The van der Waals surface area contributed by atoms with Gasteiger partial charge in [0.25, 0.3) is 5.69 Å². The number of nitrogens with one attached hydrogen (secondary N) is 1. The second-order valence-corrected chi connectivity index (χ2v) is 12.0. The zero-order chi connectivity index (χ0) is 17.7. The fourth-order valence-corrected chi connectivity index (χ4v) is 2.86. The van der Waals surface area contributed by atoms with Crippen molar-refractivity contribution in [3.8, 4) is 0 Å². The van der Waals surface area contributed by atoms with Crippen LogP contribution in [-0.2, 0) is 11.0 Å². The highest BCUT2D eigenvalue weighted by Gasteiger charge is 2.36. The molecule has 0 fully saturated rings. The monoisotopic (exact) mass is 342 g/mol. The van der Waals surface area contributed by atoms with Crippen LogP contribution in [0.3, 0.4) is 0 Å². The molecule has 0 aromatic heterocycles. The number of nitro groups is 1. The standard InChI is InChI=1S/C16H27FN2O3Si/c1-16(2,3)23(4,5)22-10-6-9-18-12-13-11-14(19(20)21)7-8-15(13)17/h7-8,11,18H,6,9-10,12H2,1-5H3. The lowest BCUT2D eigenvalue weighted by atomic mass is 10.2. The molecule has 0 atom stereocenters. The van der Waals surface area contributed by atoms with Gasteiger partial charge in [-0.25, -0.2) is 4.39 Å². The van der Waals surface area contributed by atoms with E-state index in [9.17, 15) is 14.5 Å². The first-order chi connectivity index (χ1) is 10.5. The molecule has 1 aromatic carbocycles. The van der Waals surface area contributed by atoms with Crippen LogP contribution in [0, 0.1) is 15.9 Å². The van der Waals surface area contributed by atoms with E-state index in [0.717, 1.165) is 12.5 Å². The van der Waals surface area contributed by atoms with Gasteiger partial charge in [0.1, 0.15) is 5.82 Å². The Kier molecular flexibility index (Phi) is 6.85. The molecule has 1 N–H and O–H groups in total. The number of halogens is 1. The van der Waals surface area contributed by atoms with Crippen LogP contribution in [0.15, 0.2) is 18.2 Å². The maximum atomic E-state index is 13.6. The third kappa shape index (κ3) is 6.00.